The molecule has 0 radical (unpaired) electrons. The Bertz CT molecular complexity index is 1450. The second-order valence-corrected chi connectivity index (χ2v) is 9.66. The monoisotopic (exact) mass is 493 g/mol. The van der Waals surface area contributed by atoms with Gasteiger partial charge in [0, 0.05) is 39.8 Å². The van der Waals surface area contributed by atoms with E-state index in [-0.39, 0.29) is 18.6 Å². The van der Waals surface area contributed by atoms with E-state index in [0.29, 0.717) is 22.5 Å². The molecule has 2 heterocycles. The van der Waals surface area contributed by atoms with Crippen molar-refractivity contribution < 1.29 is 23.5 Å². The molecule has 7 nitrogen and oxygen atoms in total. The summed E-state index contributed by atoms with van der Waals surface area (Å²) in [5.74, 6) is -0.614. The van der Waals surface area contributed by atoms with Gasteiger partial charge < -0.3 is 19.3 Å². The zero-order chi connectivity index (χ0) is 25.1. The summed E-state index contributed by atoms with van der Waals surface area (Å²) in [5.41, 5.74) is 4.67. The number of aryl methyl sites for hydroxylation is 3. The Hall–Kier alpha value is -3.52. The van der Waals surface area contributed by atoms with Crippen molar-refractivity contribution in [2.75, 3.05) is 5.75 Å². The van der Waals surface area contributed by atoms with E-state index in [9.17, 15) is 19.5 Å². The van der Waals surface area contributed by atoms with E-state index in [2.05, 4.69) is 5.32 Å². The lowest BCUT2D eigenvalue weighted by Gasteiger charge is -2.15. The van der Waals surface area contributed by atoms with Crippen LogP contribution in [0.5, 0.6) is 0 Å². The van der Waals surface area contributed by atoms with Crippen LogP contribution in [0.25, 0.3) is 21.9 Å². The molecular weight excluding hydrogens is 466 g/mol. The van der Waals surface area contributed by atoms with Crippen molar-refractivity contribution in [1.29, 1.82) is 0 Å². The summed E-state index contributed by atoms with van der Waals surface area (Å²) >= 11 is 1.44. The minimum absolute atomic E-state index is 0.0177. The van der Waals surface area contributed by atoms with Crippen molar-refractivity contribution in [3.8, 4) is 0 Å². The van der Waals surface area contributed by atoms with Crippen LogP contribution in [0, 0.1) is 20.8 Å². The van der Waals surface area contributed by atoms with Crippen LogP contribution in [0.3, 0.4) is 0 Å². The van der Waals surface area contributed by atoms with Gasteiger partial charge in [0.1, 0.15) is 17.2 Å². The molecule has 2 aromatic heterocycles. The van der Waals surface area contributed by atoms with Crippen LogP contribution >= 0.6 is 11.8 Å². The number of hydrogen-bond acceptors (Lipinski definition) is 6. The van der Waals surface area contributed by atoms with E-state index in [1.165, 1.54) is 11.8 Å². The van der Waals surface area contributed by atoms with Crippen LogP contribution in [0.15, 0.2) is 56.3 Å². The zero-order valence-electron chi connectivity index (χ0n) is 19.8. The lowest BCUT2D eigenvalue weighted by atomic mass is 9.98. The van der Waals surface area contributed by atoms with Crippen LogP contribution in [0.4, 0.5) is 0 Å². The van der Waals surface area contributed by atoms with Crippen molar-refractivity contribution in [1.82, 2.24) is 5.32 Å². The number of benzene rings is 2. The normalized spacial score (nSPS) is 12.2. The number of carbonyl (C=O) groups excluding carboxylic acids is 1. The van der Waals surface area contributed by atoms with Gasteiger partial charge in [-0.15, -0.1) is 0 Å². The predicted octanol–water partition coefficient (Wildman–Crippen LogP) is 4.90. The lowest BCUT2D eigenvalue weighted by molar-refractivity contribution is -0.141. The van der Waals surface area contributed by atoms with E-state index < -0.39 is 23.5 Å². The molecule has 0 bridgehead atoms. The van der Waals surface area contributed by atoms with Crippen molar-refractivity contribution in [3.63, 3.8) is 0 Å². The molecule has 0 fully saturated rings. The fraction of sp³-hybridized carbons (Fsp3) is 0.296. The van der Waals surface area contributed by atoms with Gasteiger partial charge >= 0.3 is 11.6 Å². The summed E-state index contributed by atoms with van der Waals surface area (Å²) in [7, 11) is 0. The molecule has 0 saturated heterocycles. The number of furan rings is 1. The first-order chi connectivity index (χ1) is 16.8. The van der Waals surface area contributed by atoms with Gasteiger partial charge in [-0.3, -0.25) is 4.79 Å². The third kappa shape index (κ3) is 5.27. The van der Waals surface area contributed by atoms with Gasteiger partial charge in [-0.1, -0.05) is 30.3 Å². The molecule has 4 aromatic rings. The second-order valence-electron chi connectivity index (χ2n) is 8.63. The highest BCUT2D eigenvalue weighted by Crippen LogP contribution is 2.32. The predicted molar refractivity (Wildman–Crippen MR) is 137 cm³/mol. The summed E-state index contributed by atoms with van der Waals surface area (Å²) in [6.07, 6.45) is 1.81. The Kier molecular flexibility index (Phi) is 7.31. The number of nitrogens with one attached hydrogen (secondary N) is 1. The van der Waals surface area contributed by atoms with Gasteiger partial charge in [0.25, 0.3) is 0 Å². The number of hydrogen-bond donors (Lipinski definition) is 2. The molecule has 2 aromatic carbocycles. The quantitative estimate of drug-likeness (QED) is 0.319. The second kappa shape index (κ2) is 10.4. The molecule has 0 spiro atoms. The summed E-state index contributed by atoms with van der Waals surface area (Å²) in [6.45, 7) is 5.65. The average molecular weight is 494 g/mol. The van der Waals surface area contributed by atoms with Crippen LogP contribution in [0.1, 0.15) is 34.2 Å². The van der Waals surface area contributed by atoms with E-state index in [1.807, 2.05) is 57.2 Å². The summed E-state index contributed by atoms with van der Waals surface area (Å²) in [5, 5.41) is 13.9. The fourth-order valence-corrected chi connectivity index (χ4v) is 5.16. The van der Waals surface area contributed by atoms with Crippen molar-refractivity contribution in [3.05, 3.63) is 80.9 Å². The molecule has 1 atom stereocenters. The van der Waals surface area contributed by atoms with Gasteiger partial charge in [0.2, 0.25) is 5.91 Å². The zero-order valence-corrected chi connectivity index (χ0v) is 20.7. The van der Waals surface area contributed by atoms with Crippen LogP contribution in [-0.4, -0.2) is 28.8 Å². The molecule has 4 rings (SSSR count). The first-order valence-corrected chi connectivity index (χ1v) is 12.5. The number of carbonyl (C=O) groups is 2. The fourth-order valence-electron chi connectivity index (χ4n) is 4.16. The molecule has 2 N–H and O–H groups in total. The number of carboxylic acids is 1. The highest BCUT2D eigenvalue weighted by Gasteiger charge is 2.22. The van der Waals surface area contributed by atoms with E-state index in [1.54, 1.807) is 6.26 Å². The van der Waals surface area contributed by atoms with Crippen molar-refractivity contribution in [2.24, 2.45) is 0 Å². The Morgan fingerprint density at radius 2 is 1.80 bits per heavy atom. The molecule has 35 heavy (non-hydrogen) atoms. The standard InChI is InChI=1S/C27H27NO6S/c1-15-12-33-24-17(3)25-21(11-20(15)24)16(2)19(27(32)34-25)9-10-23(29)28-22(26(30)31)14-35-13-18-7-5-4-6-8-18/h4-8,11-12,22H,9-10,13-14H2,1-3H3,(H,28,29)(H,30,31)/t22-/m0/s1. The minimum atomic E-state index is -1.09. The highest BCUT2D eigenvalue weighted by molar-refractivity contribution is 7.98. The average Bonchev–Trinajstić information content (AvgIpc) is 3.20. The third-order valence-corrected chi connectivity index (χ3v) is 7.27. The molecule has 0 aliphatic rings. The van der Waals surface area contributed by atoms with E-state index in [0.717, 1.165) is 33.0 Å². The smallest absolute Gasteiger partial charge is 0.339 e. The Labute approximate surface area is 206 Å². The van der Waals surface area contributed by atoms with Crippen LogP contribution in [-0.2, 0) is 21.8 Å². The van der Waals surface area contributed by atoms with Gasteiger partial charge in [-0.2, -0.15) is 11.8 Å². The number of carboxylic acid groups (broad SMARTS) is 1. The molecular formula is C27H27NO6S. The Balaban J connectivity index is 1.45. The van der Waals surface area contributed by atoms with Gasteiger partial charge in [-0.05, 0) is 49.9 Å². The Morgan fingerprint density at radius 1 is 1.06 bits per heavy atom. The van der Waals surface area contributed by atoms with Crippen LogP contribution < -0.4 is 10.9 Å². The summed E-state index contributed by atoms with van der Waals surface area (Å²) < 4.78 is 11.2. The minimum Gasteiger partial charge on any atom is -0.480 e. The third-order valence-electron chi connectivity index (χ3n) is 6.17. The largest absolute Gasteiger partial charge is 0.480 e. The molecule has 0 saturated carbocycles. The Morgan fingerprint density at radius 3 is 2.51 bits per heavy atom. The first kappa shape index (κ1) is 24.6. The maximum atomic E-state index is 12.7. The highest BCUT2D eigenvalue weighted by atomic mass is 32.2. The summed E-state index contributed by atoms with van der Waals surface area (Å²) in [4.78, 5) is 37.0. The van der Waals surface area contributed by atoms with Crippen molar-refractivity contribution >= 4 is 45.6 Å². The van der Waals surface area contributed by atoms with Gasteiger partial charge in [0.05, 0.1) is 6.26 Å². The van der Waals surface area contributed by atoms with Gasteiger partial charge in [0.15, 0.2) is 0 Å². The maximum absolute atomic E-state index is 12.7. The lowest BCUT2D eigenvalue weighted by Crippen LogP contribution is -2.42. The molecule has 182 valence electrons. The van der Waals surface area contributed by atoms with Gasteiger partial charge in [-0.25, -0.2) is 9.59 Å². The number of thioether (sulfide) groups is 1. The molecule has 0 unspecified atom stereocenters. The van der Waals surface area contributed by atoms with Crippen molar-refractivity contribution in [2.45, 2.75) is 45.4 Å². The summed E-state index contributed by atoms with van der Waals surface area (Å²) in [6, 6.07) is 10.7. The number of rotatable bonds is 9. The maximum Gasteiger partial charge on any atom is 0.339 e. The van der Waals surface area contributed by atoms with E-state index >= 15 is 0 Å². The molecule has 0 aliphatic heterocycles. The molecule has 8 heteroatoms. The topological polar surface area (TPSA) is 110 Å². The first-order valence-electron chi connectivity index (χ1n) is 11.3. The van der Waals surface area contributed by atoms with Crippen LogP contribution in [0.2, 0.25) is 0 Å². The molecule has 1 amide bonds. The SMILES string of the molecule is Cc1coc2c(C)c3oc(=O)c(CCC(=O)N[C@@H](CSCc4ccccc4)C(=O)O)c(C)c3cc12. The number of fused-ring (bicyclic) bond motifs is 2. The molecule has 0 aliphatic carbocycles. The number of aliphatic carboxylic acids is 1. The van der Waals surface area contributed by atoms with E-state index in [4.69, 9.17) is 8.83 Å². The number of amides is 1.